The molecule has 0 bridgehead atoms. The fourth-order valence-electron chi connectivity index (χ4n) is 2.63. The molecule has 22 heavy (non-hydrogen) atoms. The van der Waals surface area contributed by atoms with Crippen molar-refractivity contribution in [1.82, 2.24) is 5.32 Å². The molecule has 0 heterocycles. The Morgan fingerprint density at radius 2 is 1.77 bits per heavy atom. The standard InChI is InChI=1S/C20H25NO/c1-5-17-7-10-18(11-8-17)16(4)21-20(22)13-19-9-6-14(2)12-15(19)3/h6-12,16H,5,13H2,1-4H3,(H,21,22). The van der Waals surface area contributed by atoms with Crippen LogP contribution in [0.15, 0.2) is 42.5 Å². The molecule has 1 N–H and O–H groups in total. The number of rotatable bonds is 5. The third-order valence-corrected chi connectivity index (χ3v) is 4.11. The van der Waals surface area contributed by atoms with Gasteiger partial charge in [-0.2, -0.15) is 0 Å². The number of hydrogen-bond acceptors (Lipinski definition) is 1. The lowest BCUT2D eigenvalue weighted by molar-refractivity contribution is -0.121. The quantitative estimate of drug-likeness (QED) is 0.876. The number of nitrogens with one attached hydrogen (secondary N) is 1. The largest absolute Gasteiger partial charge is 0.349 e. The molecule has 0 saturated heterocycles. The first-order chi connectivity index (χ1) is 10.5. The zero-order valence-electron chi connectivity index (χ0n) is 13.9. The van der Waals surface area contributed by atoms with Gasteiger partial charge in [-0.1, -0.05) is 55.0 Å². The summed E-state index contributed by atoms with van der Waals surface area (Å²) in [5.41, 5.74) is 5.96. The molecule has 0 saturated carbocycles. The molecule has 2 aromatic rings. The summed E-state index contributed by atoms with van der Waals surface area (Å²) in [7, 11) is 0. The molecule has 2 aromatic carbocycles. The Morgan fingerprint density at radius 3 is 2.36 bits per heavy atom. The van der Waals surface area contributed by atoms with E-state index in [1.807, 2.05) is 13.0 Å². The molecule has 0 aliphatic carbocycles. The highest BCUT2D eigenvalue weighted by Crippen LogP contribution is 2.15. The van der Waals surface area contributed by atoms with Crippen LogP contribution in [-0.2, 0) is 17.6 Å². The highest BCUT2D eigenvalue weighted by Gasteiger charge is 2.11. The van der Waals surface area contributed by atoms with E-state index in [0.29, 0.717) is 6.42 Å². The van der Waals surface area contributed by atoms with E-state index in [1.54, 1.807) is 0 Å². The Hall–Kier alpha value is -2.09. The monoisotopic (exact) mass is 295 g/mol. The molecule has 1 atom stereocenters. The van der Waals surface area contributed by atoms with E-state index in [0.717, 1.165) is 17.5 Å². The Morgan fingerprint density at radius 1 is 1.09 bits per heavy atom. The Kier molecular flexibility index (Phi) is 5.37. The number of hydrogen-bond donors (Lipinski definition) is 1. The van der Waals surface area contributed by atoms with Crippen LogP contribution in [0.3, 0.4) is 0 Å². The van der Waals surface area contributed by atoms with Crippen molar-refractivity contribution in [1.29, 1.82) is 0 Å². The molecule has 0 aliphatic rings. The summed E-state index contributed by atoms with van der Waals surface area (Å²) in [5.74, 6) is 0.0685. The molecule has 2 rings (SSSR count). The van der Waals surface area contributed by atoms with E-state index >= 15 is 0 Å². The van der Waals surface area contributed by atoms with Crippen LogP contribution in [0.4, 0.5) is 0 Å². The average Bonchev–Trinajstić information content (AvgIpc) is 2.50. The fraction of sp³-hybridized carbons (Fsp3) is 0.350. The second kappa shape index (κ2) is 7.26. The van der Waals surface area contributed by atoms with Crippen molar-refractivity contribution in [3.05, 3.63) is 70.3 Å². The number of carbonyl (C=O) groups is 1. The second-order valence-corrected chi connectivity index (χ2v) is 5.99. The lowest BCUT2D eigenvalue weighted by atomic mass is 10.0. The van der Waals surface area contributed by atoms with Crippen LogP contribution < -0.4 is 5.32 Å². The summed E-state index contributed by atoms with van der Waals surface area (Å²) >= 11 is 0. The predicted molar refractivity (Wildman–Crippen MR) is 92.0 cm³/mol. The minimum atomic E-state index is 0.0316. The SMILES string of the molecule is CCc1ccc(C(C)NC(=O)Cc2ccc(C)cc2C)cc1. The third-order valence-electron chi connectivity index (χ3n) is 4.11. The first-order valence-corrected chi connectivity index (χ1v) is 7.94. The van der Waals surface area contributed by atoms with Crippen molar-refractivity contribution in [2.45, 2.75) is 46.6 Å². The molecule has 1 unspecified atom stereocenters. The van der Waals surface area contributed by atoms with E-state index in [1.165, 1.54) is 16.7 Å². The minimum Gasteiger partial charge on any atom is -0.349 e. The van der Waals surface area contributed by atoms with Gasteiger partial charge < -0.3 is 5.32 Å². The molecule has 0 radical (unpaired) electrons. The van der Waals surface area contributed by atoms with Gasteiger partial charge in [0, 0.05) is 0 Å². The first-order valence-electron chi connectivity index (χ1n) is 7.94. The van der Waals surface area contributed by atoms with E-state index in [-0.39, 0.29) is 11.9 Å². The van der Waals surface area contributed by atoms with Crippen LogP contribution in [0, 0.1) is 13.8 Å². The van der Waals surface area contributed by atoms with E-state index < -0.39 is 0 Å². The van der Waals surface area contributed by atoms with Crippen LogP contribution in [0.1, 0.15) is 47.7 Å². The van der Waals surface area contributed by atoms with Gasteiger partial charge in [-0.05, 0) is 49.4 Å². The molecule has 116 valence electrons. The smallest absolute Gasteiger partial charge is 0.224 e. The zero-order chi connectivity index (χ0) is 16.1. The maximum absolute atomic E-state index is 12.2. The van der Waals surface area contributed by atoms with Crippen molar-refractivity contribution in [3.8, 4) is 0 Å². The summed E-state index contributed by atoms with van der Waals surface area (Å²) in [5, 5.41) is 3.09. The third kappa shape index (κ3) is 4.20. The van der Waals surface area contributed by atoms with E-state index in [9.17, 15) is 4.79 Å². The minimum absolute atomic E-state index is 0.0316. The molecule has 2 nitrogen and oxygen atoms in total. The van der Waals surface area contributed by atoms with Gasteiger partial charge in [0.25, 0.3) is 0 Å². The van der Waals surface area contributed by atoms with Crippen molar-refractivity contribution in [2.75, 3.05) is 0 Å². The molecule has 2 heteroatoms. The van der Waals surface area contributed by atoms with Gasteiger partial charge in [-0.25, -0.2) is 0 Å². The highest BCUT2D eigenvalue weighted by atomic mass is 16.1. The topological polar surface area (TPSA) is 29.1 Å². The van der Waals surface area contributed by atoms with Gasteiger partial charge in [-0.3, -0.25) is 4.79 Å². The van der Waals surface area contributed by atoms with Gasteiger partial charge in [0.05, 0.1) is 12.5 Å². The lowest BCUT2D eigenvalue weighted by Gasteiger charge is -2.15. The number of aryl methyl sites for hydroxylation is 3. The highest BCUT2D eigenvalue weighted by molar-refractivity contribution is 5.79. The molecule has 0 aromatic heterocycles. The summed E-state index contributed by atoms with van der Waals surface area (Å²) in [6.45, 7) is 8.30. The van der Waals surface area contributed by atoms with Crippen LogP contribution in [0.25, 0.3) is 0 Å². The van der Waals surface area contributed by atoms with Crippen LogP contribution in [0.2, 0.25) is 0 Å². The van der Waals surface area contributed by atoms with Crippen LogP contribution in [-0.4, -0.2) is 5.91 Å². The summed E-state index contributed by atoms with van der Waals surface area (Å²) in [6, 6.07) is 14.7. The Bertz CT molecular complexity index is 643. The Balaban J connectivity index is 1.98. The molecular weight excluding hydrogens is 270 g/mol. The van der Waals surface area contributed by atoms with E-state index in [4.69, 9.17) is 0 Å². The molecule has 1 amide bonds. The summed E-state index contributed by atoms with van der Waals surface area (Å²) < 4.78 is 0. The maximum Gasteiger partial charge on any atom is 0.224 e. The molecule has 0 aliphatic heterocycles. The van der Waals surface area contributed by atoms with Gasteiger partial charge in [-0.15, -0.1) is 0 Å². The van der Waals surface area contributed by atoms with Gasteiger partial charge >= 0.3 is 0 Å². The number of benzene rings is 2. The number of amides is 1. The number of carbonyl (C=O) groups excluding carboxylic acids is 1. The average molecular weight is 295 g/mol. The molecule has 0 spiro atoms. The van der Waals surface area contributed by atoms with Crippen molar-refractivity contribution in [3.63, 3.8) is 0 Å². The Labute approximate surface area is 133 Å². The lowest BCUT2D eigenvalue weighted by Crippen LogP contribution is -2.28. The summed E-state index contributed by atoms with van der Waals surface area (Å²) in [6.07, 6.45) is 1.47. The molecular formula is C20H25NO. The predicted octanol–water partition coefficient (Wildman–Crippen LogP) is 4.29. The van der Waals surface area contributed by atoms with Crippen molar-refractivity contribution in [2.24, 2.45) is 0 Å². The molecule has 0 fully saturated rings. The second-order valence-electron chi connectivity index (χ2n) is 5.99. The normalized spacial score (nSPS) is 12.0. The van der Waals surface area contributed by atoms with Crippen molar-refractivity contribution >= 4 is 5.91 Å². The van der Waals surface area contributed by atoms with Gasteiger partial charge in [0.15, 0.2) is 0 Å². The fourth-order valence-corrected chi connectivity index (χ4v) is 2.63. The summed E-state index contributed by atoms with van der Waals surface area (Å²) in [4.78, 5) is 12.2. The van der Waals surface area contributed by atoms with E-state index in [2.05, 4.69) is 62.5 Å². The maximum atomic E-state index is 12.2. The van der Waals surface area contributed by atoms with Gasteiger partial charge in [0.1, 0.15) is 0 Å². The van der Waals surface area contributed by atoms with Crippen molar-refractivity contribution < 1.29 is 4.79 Å². The first kappa shape index (κ1) is 16.3. The zero-order valence-corrected chi connectivity index (χ0v) is 13.9. The van der Waals surface area contributed by atoms with Crippen LogP contribution >= 0.6 is 0 Å². The van der Waals surface area contributed by atoms with Crippen LogP contribution in [0.5, 0.6) is 0 Å². The van der Waals surface area contributed by atoms with Gasteiger partial charge in [0.2, 0.25) is 5.91 Å².